The van der Waals surface area contributed by atoms with Crippen LogP contribution in [0.25, 0.3) is 0 Å². The largest absolute Gasteiger partial charge is 0.425 e. The SMILES string of the molecule is N#C[C@H](C[C@@H]1CCNC1=O)NC(=O)[C@@H]1CCc2ccc(NCC(=O)Oc3ccccc3)c(=O)n21. The van der Waals surface area contributed by atoms with Gasteiger partial charge in [0.05, 0.1) is 6.07 Å². The molecule has 1 aromatic carbocycles. The van der Waals surface area contributed by atoms with E-state index in [1.54, 1.807) is 42.5 Å². The minimum absolute atomic E-state index is 0.113. The number of anilines is 1. The van der Waals surface area contributed by atoms with E-state index in [9.17, 15) is 24.4 Å². The fourth-order valence-corrected chi connectivity index (χ4v) is 4.32. The van der Waals surface area contributed by atoms with Crippen molar-refractivity contribution in [1.29, 1.82) is 5.26 Å². The van der Waals surface area contributed by atoms with E-state index in [1.807, 2.05) is 6.07 Å². The third-order valence-corrected chi connectivity index (χ3v) is 6.04. The first-order chi connectivity index (χ1) is 16.5. The van der Waals surface area contributed by atoms with E-state index >= 15 is 0 Å². The number of aryl methyl sites for hydroxylation is 1. The number of nitriles is 1. The number of ether oxygens (including phenoxy) is 1. The third-order valence-electron chi connectivity index (χ3n) is 6.04. The molecule has 0 radical (unpaired) electrons. The van der Waals surface area contributed by atoms with E-state index in [-0.39, 0.29) is 30.5 Å². The molecule has 176 valence electrons. The zero-order chi connectivity index (χ0) is 24.1. The van der Waals surface area contributed by atoms with Crippen molar-refractivity contribution >= 4 is 23.5 Å². The predicted octanol–water partition coefficient (Wildman–Crippen LogP) is 0.888. The van der Waals surface area contributed by atoms with E-state index < -0.39 is 29.5 Å². The molecule has 0 spiro atoms. The standard InChI is InChI=1S/C24H25N5O5/c25-13-16(12-15-10-11-26-22(15)31)28-23(32)20-9-7-17-6-8-19(24(33)29(17)20)27-14-21(30)34-18-4-2-1-3-5-18/h1-6,8,15-16,20,27H,7,9-12,14H2,(H,26,31)(H,28,32)/t15-,16-,20-/m0/s1. The number of para-hydroxylation sites is 1. The number of benzene rings is 1. The van der Waals surface area contributed by atoms with Gasteiger partial charge in [-0.1, -0.05) is 18.2 Å². The molecule has 1 saturated heterocycles. The number of esters is 1. The smallest absolute Gasteiger partial charge is 0.330 e. The summed E-state index contributed by atoms with van der Waals surface area (Å²) in [6, 6.07) is 12.4. The highest BCUT2D eigenvalue weighted by Crippen LogP contribution is 2.25. The van der Waals surface area contributed by atoms with Gasteiger partial charge in [-0.05, 0) is 49.9 Å². The molecule has 3 heterocycles. The molecule has 3 N–H and O–H groups in total. The molecule has 2 aromatic rings. The number of rotatable bonds is 8. The fraction of sp³-hybridized carbons (Fsp3) is 0.375. The van der Waals surface area contributed by atoms with Crippen LogP contribution < -0.4 is 26.2 Å². The van der Waals surface area contributed by atoms with Crippen LogP contribution in [-0.2, 0) is 20.8 Å². The number of carbonyl (C=O) groups is 3. The average Bonchev–Trinajstić information content (AvgIpc) is 3.45. The van der Waals surface area contributed by atoms with Crippen molar-refractivity contribution in [2.45, 2.75) is 37.8 Å². The molecule has 34 heavy (non-hydrogen) atoms. The van der Waals surface area contributed by atoms with Crippen LogP contribution in [0.3, 0.4) is 0 Å². The van der Waals surface area contributed by atoms with Crippen molar-refractivity contribution in [3.8, 4) is 11.8 Å². The molecule has 4 rings (SSSR count). The minimum atomic E-state index is -0.824. The van der Waals surface area contributed by atoms with E-state index in [0.29, 0.717) is 37.3 Å². The van der Waals surface area contributed by atoms with Gasteiger partial charge < -0.3 is 20.7 Å². The molecule has 1 aromatic heterocycles. The number of hydrogen-bond acceptors (Lipinski definition) is 7. The number of aromatic nitrogens is 1. The Hall–Kier alpha value is -4.13. The van der Waals surface area contributed by atoms with Crippen LogP contribution in [-0.4, -0.2) is 41.5 Å². The molecule has 3 atom stereocenters. The van der Waals surface area contributed by atoms with Crippen LogP contribution in [0.1, 0.15) is 31.0 Å². The van der Waals surface area contributed by atoms with Gasteiger partial charge in [-0.15, -0.1) is 0 Å². The Morgan fingerprint density at radius 1 is 1.18 bits per heavy atom. The average molecular weight is 463 g/mol. The molecule has 0 saturated carbocycles. The van der Waals surface area contributed by atoms with Crippen molar-refractivity contribution < 1.29 is 19.1 Å². The maximum atomic E-state index is 13.1. The Kier molecular flexibility index (Phi) is 6.92. The monoisotopic (exact) mass is 463 g/mol. The van der Waals surface area contributed by atoms with Gasteiger partial charge in [-0.25, -0.2) is 4.79 Å². The number of hydrogen-bond donors (Lipinski definition) is 3. The lowest BCUT2D eigenvalue weighted by Crippen LogP contribution is -2.42. The molecule has 0 bridgehead atoms. The van der Waals surface area contributed by atoms with Crippen molar-refractivity contribution in [1.82, 2.24) is 15.2 Å². The van der Waals surface area contributed by atoms with Gasteiger partial charge >= 0.3 is 5.97 Å². The van der Waals surface area contributed by atoms with Gasteiger partial charge in [0, 0.05) is 18.2 Å². The van der Waals surface area contributed by atoms with Crippen molar-refractivity contribution in [3.63, 3.8) is 0 Å². The predicted molar refractivity (Wildman–Crippen MR) is 122 cm³/mol. The summed E-state index contributed by atoms with van der Waals surface area (Å²) in [5.41, 5.74) is 0.450. The van der Waals surface area contributed by atoms with Crippen LogP contribution >= 0.6 is 0 Å². The lowest BCUT2D eigenvalue weighted by atomic mass is 9.99. The maximum Gasteiger partial charge on any atom is 0.330 e. The fourth-order valence-electron chi connectivity index (χ4n) is 4.32. The van der Waals surface area contributed by atoms with Gasteiger partial charge in [-0.2, -0.15) is 5.26 Å². The zero-order valence-corrected chi connectivity index (χ0v) is 18.5. The van der Waals surface area contributed by atoms with Crippen LogP contribution in [0.4, 0.5) is 5.69 Å². The van der Waals surface area contributed by atoms with Crippen LogP contribution in [0.15, 0.2) is 47.3 Å². The summed E-state index contributed by atoms with van der Waals surface area (Å²) in [7, 11) is 0. The van der Waals surface area contributed by atoms with Gasteiger partial charge in [0.1, 0.15) is 30.1 Å². The Labute approximate surface area is 195 Å². The summed E-state index contributed by atoms with van der Waals surface area (Å²) in [5, 5.41) is 17.7. The molecule has 2 amide bonds. The summed E-state index contributed by atoms with van der Waals surface area (Å²) < 4.78 is 6.61. The van der Waals surface area contributed by atoms with E-state index in [1.165, 1.54) is 4.57 Å². The number of amides is 2. The Morgan fingerprint density at radius 3 is 2.68 bits per heavy atom. The quantitative estimate of drug-likeness (QED) is 0.390. The highest BCUT2D eigenvalue weighted by atomic mass is 16.5. The first kappa shape index (κ1) is 23.0. The lowest BCUT2D eigenvalue weighted by molar-refractivity contribution is -0.132. The normalized spacial score (nSPS) is 19.4. The molecule has 2 aliphatic heterocycles. The van der Waals surface area contributed by atoms with E-state index in [4.69, 9.17) is 4.74 Å². The van der Waals surface area contributed by atoms with Crippen molar-refractivity contribution in [2.24, 2.45) is 5.92 Å². The van der Waals surface area contributed by atoms with Crippen LogP contribution in [0.2, 0.25) is 0 Å². The summed E-state index contributed by atoms with van der Waals surface area (Å²) in [6.45, 7) is 0.343. The molecule has 10 heteroatoms. The zero-order valence-electron chi connectivity index (χ0n) is 18.5. The summed E-state index contributed by atoms with van der Waals surface area (Å²) >= 11 is 0. The first-order valence-electron chi connectivity index (χ1n) is 11.2. The summed E-state index contributed by atoms with van der Waals surface area (Å²) in [5.74, 6) is -1.02. The number of pyridine rings is 1. The van der Waals surface area contributed by atoms with Gasteiger partial charge in [-0.3, -0.25) is 19.0 Å². The Bertz CT molecular complexity index is 1190. The Balaban J connectivity index is 1.41. The summed E-state index contributed by atoms with van der Waals surface area (Å²) in [6.07, 6.45) is 1.81. The highest BCUT2D eigenvalue weighted by Gasteiger charge is 2.33. The van der Waals surface area contributed by atoms with Crippen LogP contribution in [0.5, 0.6) is 5.75 Å². The minimum Gasteiger partial charge on any atom is -0.425 e. The molecule has 0 aliphatic carbocycles. The number of nitrogens with zero attached hydrogens (tertiary/aromatic N) is 2. The van der Waals surface area contributed by atoms with Crippen LogP contribution in [0, 0.1) is 17.2 Å². The summed E-state index contributed by atoms with van der Waals surface area (Å²) in [4.78, 5) is 49.9. The van der Waals surface area contributed by atoms with Gasteiger partial charge in [0.15, 0.2) is 0 Å². The highest BCUT2D eigenvalue weighted by molar-refractivity contribution is 5.83. The lowest BCUT2D eigenvalue weighted by Gasteiger charge is -2.19. The topological polar surface area (TPSA) is 142 Å². The third kappa shape index (κ3) is 5.09. The van der Waals surface area contributed by atoms with Gasteiger partial charge in [0.25, 0.3) is 5.56 Å². The first-order valence-corrected chi connectivity index (χ1v) is 11.2. The second kappa shape index (κ2) is 10.2. The second-order valence-electron chi connectivity index (χ2n) is 8.31. The van der Waals surface area contributed by atoms with Crippen molar-refractivity contribution in [2.75, 3.05) is 18.4 Å². The van der Waals surface area contributed by atoms with Crippen molar-refractivity contribution in [3.05, 3.63) is 58.5 Å². The number of fused-ring (bicyclic) bond motifs is 1. The molecule has 10 nitrogen and oxygen atoms in total. The van der Waals surface area contributed by atoms with Gasteiger partial charge in [0.2, 0.25) is 11.8 Å². The number of nitrogens with one attached hydrogen (secondary N) is 3. The second-order valence-corrected chi connectivity index (χ2v) is 8.31. The molecule has 0 unspecified atom stereocenters. The Morgan fingerprint density at radius 2 is 1.97 bits per heavy atom. The number of carbonyl (C=O) groups excluding carboxylic acids is 3. The molecule has 2 aliphatic rings. The van der Waals surface area contributed by atoms with E-state index in [0.717, 1.165) is 0 Å². The molecule has 1 fully saturated rings. The molecular formula is C24H25N5O5. The molecular weight excluding hydrogens is 438 g/mol. The maximum absolute atomic E-state index is 13.1. The van der Waals surface area contributed by atoms with E-state index in [2.05, 4.69) is 16.0 Å².